The van der Waals surface area contributed by atoms with Gasteiger partial charge in [0.2, 0.25) is 0 Å². The van der Waals surface area contributed by atoms with Gasteiger partial charge in [-0.15, -0.1) is 0 Å². The molecule has 0 N–H and O–H groups in total. The summed E-state index contributed by atoms with van der Waals surface area (Å²) in [6, 6.07) is 5.97. The number of nitrogens with zero attached hydrogens (tertiary/aromatic N) is 3. The van der Waals surface area contributed by atoms with Gasteiger partial charge in [0, 0.05) is 43.8 Å². The van der Waals surface area contributed by atoms with Crippen LogP contribution in [0.1, 0.15) is 36.0 Å². The van der Waals surface area contributed by atoms with Crippen LogP contribution in [0.5, 0.6) is 16.7 Å². The second-order valence-corrected chi connectivity index (χ2v) is 8.57. The van der Waals surface area contributed by atoms with Crippen LogP contribution in [0.3, 0.4) is 0 Å². The van der Waals surface area contributed by atoms with E-state index in [2.05, 4.69) is 9.88 Å². The summed E-state index contributed by atoms with van der Waals surface area (Å²) in [5.41, 5.74) is 0.515. The third-order valence-electron chi connectivity index (χ3n) is 6.06. The first-order valence-corrected chi connectivity index (χ1v) is 11.4. The van der Waals surface area contributed by atoms with Gasteiger partial charge in [0.25, 0.3) is 11.1 Å². The fourth-order valence-corrected chi connectivity index (χ4v) is 4.98. The zero-order valence-electron chi connectivity index (χ0n) is 17.6. The molecule has 2 fully saturated rings. The monoisotopic (exact) mass is 431 g/mol. The molecule has 1 aromatic heterocycles. The third-order valence-corrected chi connectivity index (χ3v) is 6.72. The topological polar surface area (TPSA) is 64.1 Å². The second-order valence-electron chi connectivity index (χ2n) is 7.71. The number of hydrogen-bond acceptors (Lipinski definition) is 7. The molecule has 8 heteroatoms. The number of rotatable bonds is 6. The third kappa shape index (κ3) is 4.54. The predicted molar refractivity (Wildman–Crippen MR) is 116 cm³/mol. The van der Waals surface area contributed by atoms with Crippen molar-refractivity contribution in [2.75, 3.05) is 40.4 Å². The summed E-state index contributed by atoms with van der Waals surface area (Å²) in [6.07, 6.45) is 6.06. The molecule has 0 spiro atoms. The zero-order valence-corrected chi connectivity index (χ0v) is 18.4. The first-order chi connectivity index (χ1) is 14.7. The van der Waals surface area contributed by atoms with E-state index in [1.54, 1.807) is 43.9 Å². The number of thiazole rings is 1. The van der Waals surface area contributed by atoms with Gasteiger partial charge in [-0.25, -0.2) is 4.98 Å². The average Bonchev–Trinajstić information content (AvgIpc) is 3.31. The molecule has 2 aromatic rings. The van der Waals surface area contributed by atoms with Gasteiger partial charge in [0.15, 0.2) is 0 Å². The summed E-state index contributed by atoms with van der Waals surface area (Å²) in [5.74, 6) is 1.10. The quantitative estimate of drug-likeness (QED) is 0.699. The number of hydrogen-bond donors (Lipinski definition) is 0. The minimum atomic E-state index is -0.0155. The van der Waals surface area contributed by atoms with Crippen LogP contribution in [-0.4, -0.2) is 73.2 Å². The number of likely N-dealkylation sites (tertiary alicyclic amines) is 2. The molecule has 3 heterocycles. The van der Waals surface area contributed by atoms with Gasteiger partial charge in [-0.05, 0) is 37.8 Å². The lowest BCUT2D eigenvalue weighted by atomic mass is 9.98. The van der Waals surface area contributed by atoms with E-state index in [4.69, 9.17) is 14.2 Å². The Morgan fingerprint density at radius 3 is 2.27 bits per heavy atom. The summed E-state index contributed by atoms with van der Waals surface area (Å²) in [6.45, 7) is 3.57. The molecule has 0 atom stereocenters. The first kappa shape index (κ1) is 20.9. The van der Waals surface area contributed by atoms with E-state index >= 15 is 0 Å². The first-order valence-electron chi connectivity index (χ1n) is 10.5. The van der Waals surface area contributed by atoms with E-state index in [1.807, 2.05) is 16.3 Å². The normalized spacial score (nSPS) is 18.9. The van der Waals surface area contributed by atoms with Gasteiger partial charge in [0.05, 0.1) is 14.2 Å². The van der Waals surface area contributed by atoms with Gasteiger partial charge in [-0.3, -0.25) is 9.69 Å². The number of benzene rings is 1. The minimum Gasteiger partial charge on any atom is -0.496 e. The molecule has 0 saturated carbocycles. The van der Waals surface area contributed by atoms with Gasteiger partial charge in [-0.2, -0.15) is 0 Å². The Morgan fingerprint density at radius 1 is 1.03 bits per heavy atom. The molecule has 2 aliphatic rings. The molecule has 7 nitrogen and oxygen atoms in total. The lowest BCUT2D eigenvalue weighted by Crippen LogP contribution is -2.50. The van der Waals surface area contributed by atoms with E-state index in [-0.39, 0.29) is 12.0 Å². The molecule has 0 bridgehead atoms. The van der Waals surface area contributed by atoms with E-state index in [0.29, 0.717) is 23.1 Å². The Hall–Kier alpha value is -2.32. The number of methoxy groups -OCH3 is 2. The Kier molecular flexibility index (Phi) is 6.74. The molecule has 2 aliphatic heterocycles. The molecule has 0 aliphatic carbocycles. The number of amides is 1. The van der Waals surface area contributed by atoms with Crippen LogP contribution in [0.15, 0.2) is 29.8 Å². The number of carbonyl (C=O) groups is 1. The maximum absolute atomic E-state index is 13.2. The highest BCUT2D eigenvalue weighted by Gasteiger charge is 2.32. The zero-order chi connectivity index (χ0) is 20.9. The second kappa shape index (κ2) is 9.66. The number of aromatic nitrogens is 1. The highest BCUT2D eigenvalue weighted by atomic mass is 32.1. The van der Waals surface area contributed by atoms with Crippen LogP contribution in [0.25, 0.3) is 0 Å². The predicted octanol–water partition coefficient (Wildman–Crippen LogP) is 3.31. The SMILES string of the molecule is COc1cccc(OC)c1C(=O)N1CCC(N2CCC(Oc3nccs3)CC2)CC1. The van der Waals surface area contributed by atoms with Crippen LogP contribution in [0.2, 0.25) is 0 Å². The highest BCUT2D eigenvalue weighted by molar-refractivity contribution is 7.11. The summed E-state index contributed by atoms with van der Waals surface area (Å²) < 4.78 is 16.8. The van der Waals surface area contributed by atoms with Crippen molar-refractivity contribution in [1.29, 1.82) is 0 Å². The molecular weight excluding hydrogens is 402 g/mol. The summed E-state index contributed by atoms with van der Waals surface area (Å²) >= 11 is 1.55. The van der Waals surface area contributed by atoms with Crippen LogP contribution in [0.4, 0.5) is 0 Å². The Bertz CT molecular complexity index is 807. The van der Waals surface area contributed by atoms with E-state index in [9.17, 15) is 4.79 Å². The van der Waals surface area contributed by atoms with Gasteiger partial charge < -0.3 is 19.1 Å². The molecule has 1 aromatic carbocycles. The fraction of sp³-hybridized carbons (Fsp3) is 0.545. The largest absolute Gasteiger partial charge is 0.496 e. The maximum atomic E-state index is 13.2. The lowest BCUT2D eigenvalue weighted by molar-refractivity contribution is 0.0422. The molecular formula is C22H29N3O4S. The van der Waals surface area contributed by atoms with Crippen molar-refractivity contribution < 1.29 is 19.0 Å². The van der Waals surface area contributed by atoms with Crippen LogP contribution in [-0.2, 0) is 0 Å². The molecule has 4 rings (SSSR count). The Labute approximate surface area is 181 Å². The van der Waals surface area contributed by atoms with Gasteiger partial charge >= 0.3 is 0 Å². The van der Waals surface area contributed by atoms with Crippen molar-refractivity contribution in [3.63, 3.8) is 0 Å². The number of ether oxygens (including phenoxy) is 3. The van der Waals surface area contributed by atoms with Crippen LogP contribution < -0.4 is 14.2 Å². The van der Waals surface area contributed by atoms with Gasteiger partial charge in [-0.1, -0.05) is 17.4 Å². The summed E-state index contributed by atoms with van der Waals surface area (Å²) in [5, 5.41) is 2.72. The van der Waals surface area contributed by atoms with Crippen molar-refractivity contribution in [2.45, 2.75) is 37.8 Å². The minimum absolute atomic E-state index is 0.0155. The van der Waals surface area contributed by atoms with Gasteiger partial charge in [0.1, 0.15) is 23.2 Å². The number of piperidine rings is 2. The molecule has 30 heavy (non-hydrogen) atoms. The van der Waals surface area contributed by atoms with Crippen molar-refractivity contribution in [3.05, 3.63) is 35.3 Å². The number of carbonyl (C=O) groups excluding carboxylic acids is 1. The van der Waals surface area contributed by atoms with Crippen molar-refractivity contribution >= 4 is 17.2 Å². The maximum Gasteiger partial charge on any atom is 0.273 e. The van der Waals surface area contributed by atoms with Crippen molar-refractivity contribution in [3.8, 4) is 16.7 Å². The average molecular weight is 432 g/mol. The molecule has 0 unspecified atom stereocenters. The van der Waals surface area contributed by atoms with Crippen molar-refractivity contribution in [1.82, 2.24) is 14.8 Å². The van der Waals surface area contributed by atoms with Crippen LogP contribution >= 0.6 is 11.3 Å². The summed E-state index contributed by atoms with van der Waals surface area (Å²) in [4.78, 5) is 21.9. The van der Waals surface area contributed by atoms with Crippen LogP contribution in [0, 0.1) is 0 Å². The molecule has 162 valence electrons. The van der Waals surface area contributed by atoms with E-state index < -0.39 is 0 Å². The highest BCUT2D eigenvalue weighted by Crippen LogP contribution is 2.31. The molecule has 0 radical (unpaired) electrons. The van der Waals surface area contributed by atoms with Crippen molar-refractivity contribution in [2.24, 2.45) is 0 Å². The summed E-state index contributed by atoms with van der Waals surface area (Å²) in [7, 11) is 3.17. The fourth-order valence-electron chi connectivity index (χ4n) is 4.42. The smallest absolute Gasteiger partial charge is 0.273 e. The molecule has 2 saturated heterocycles. The van der Waals surface area contributed by atoms with E-state index in [1.165, 1.54) is 0 Å². The lowest BCUT2D eigenvalue weighted by Gasteiger charge is -2.41. The Morgan fingerprint density at radius 2 is 1.70 bits per heavy atom. The Balaban J connectivity index is 1.30. The molecule has 1 amide bonds. The van der Waals surface area contributed by atoms with E-state index in [0.717, 1.165) is 57.1 Å². The standard InChI is InChI=1S/C22H29N3O4S/c1-27-18-4-3-5-19(28-2)20(18)21(26)25-11-6-16(7-12-25)24-13-8-17(9-14-24)29-22-23-10-15-30-22/h3-5,10,15-17H,6-9,11-14H2,1-2H3.